The third-order valence-electron chi connectivity index (χ3n) is 1.46. The molecule has 0 aliphatic rings. The Hall–Kier alpha value is -1.12. The summed E-state index contributed by atoms with van der Waals surface area (Å²) in [6.07, 6.45) is 1.86. The van der Waals surface area contributed by atoms with Crippen molar-refractivity contribution in [2.45, 2.75) is 6.54 Å². The van der Waals surface area contributed by atoms with Crippen molar-refractivity contribution < 1.29 is 0 Å². The van der Waals surface area contributed by atoms with E-state index >= 15 is 0 Å². The van der Waals surface area contributed by atoms with Gasteiger partial charge in [0.1, 0.15) is 0 Å². The van der Waals surface area contributed by atoms with Gasteiger partial charge in [-0.1, -0.05) is 36.4 Å². The Bertz CT molecular complexity index is 206. The standard InChI is InChI=1S/C10H13N.H3N/c1-2-8-11-9-10-6-4-3-5-7-10;/h2-7,11H,1,8-9H2;1H3. The molecule has 2 nitrogen and oxygen atoms in total. The number of nitrogens with one attached hydrogen (secondary N) is 1. The van der Waals surface area contributed by atoms with E-state index in [1.165, 1.54) is 5.56 Å². The molecule has 0 aromatic heterocycles. The third-order valence-corrected chi connectivity index (χ3v) is 1.46. The van der Waals surface area contributed by atoms with Gasteiger partial charge in [-0.2, -0.15) is 0 Å². The first-order valence-electron chi connectivity index (χ1n) is 3.79. The Kier molecular flexibility index (Phi) is 5.97. The molecule has 4 N–H and O–H groups in total. The maximum atomic E-state index is 3.63. The monoisotopic (exact) mass is 164 g/mol. The molecule has 1 aromatic carbocycles. The summed E-state index contributed by atoms with van der Waals surface area (Å²) in [5.74, 6) is 0. The van der Waals surface area contributed by atoms with Crippen LogP contribution in [-0.2, 0) is 6.54 Å². The van der Waals surface area contributed by atoms with Crippen LogP contribution in [0.2, 0.25) is 0 Å². The minimum atomic E-state index is 0. The molecular formula is C10H16N2. The van der Waals surface area contributed by atoms with Gasteiger partial charge in [0, 0.05) is 13.1 Å². The van der Waals surface area contributed by atoms with Gasteiger partial charge in [0.15, 0.2) is 0 Å². The quantitative estimate of drug-likeness (QED) is 0.529. The molecule has 12 heavy (non-hydrogen) atoms. The lowest BCUT2D eigenvalue weighted by atomic mass is 10.2. The lowest BCUT2D eigenvalue weighted by molar-refractivity contribution is 0.760. The first kappa shape index (κ1) is 10.9. The molecule has 0 heterocycles. The molecule has 0 saturated carbocycles. The van der Waals surface area contributed by atoms with Crippen molar-refractivity contribution in [2.75, 3.05) is 6.54 Å². The lowest BCUT2D eigenvalue weighted by Crippen LogP contribution is -2.12. The van der Waals surface area contributed by atoms with Gasteiger partial charge in [-0.15, -0.1) is 6.58 Å². The number of hydrogen-bond donors (Lipinski definition) is 2. The summed E-state index contributed by atoms with van der Waals surface area (Å²) in [4.78, 5) is 0. The molecule has 0 bridgehead atoms. The van der Waals surface area contributed by atoms with Gasteiger partial charge in [-0.25, -0.2) is 0 Å². The fourth-order valence-corrected chi connectivity index (χ4v) is 0.914. The van der Waals surface area contributed by atoms with E-state index in [0.717, 1.165) is 13.1 Å². The minimum absolute atomic E-state index is 0. The number of hydrogen-bond acceptors (Lipinski definition) is 2. The summed E-state index contributed by atoms with van der Waals surface area (Å²) in [6.45, 7) is 5.42. The molecule has 0 aliphatic carbocycles. The lowest BCUT2D eigenvalue weighted by Gasteiger charge is -1.99. The maximum Gasteiger partial charge on any atom is 0.0208 e. The van der Waals surface area contributed by atoms with E-state index in [0.29, 0.717) is 0 Å². The van der Waals surface area contributed by atoms with Crippen LogP contribution in [-0.4, -0.2) is 6.54 Å². The molecule has 0 amide bonds. The van der Waals surface area contributed by atoms with Gasteiger partial charge in [-0.05, 0) is 5.56 Å². The molecule has 0 saturated heterocycles. The molecule has 0 aliphatic heterocycles. The normalized spacial score (nSPS) is 8.67. The van der Waals surface area contributed by atoms with Crippen molar-refractivity contribution >= 4 is 0 Å². The molecule has 0 radical (unpaired) electrons. The highest BCUT2D eigenvalue weighted by Gasteiger charge is 1.86. The summed E-state index contributed by atoms with van der Waals surface area (Å²) in [6, 6.07) is 10.3. The fraction of sp³-hybridized carbons (Fsp3) is 0.200. The maximum absolute atomic E-state index is 3.63. The van der Waals surface area contributed by atoms with Gasteiger partial charge in [0.25, 0.3) is 0 Å². The molecule has 1 rings (SSSR count). The number of benzene rings is 1. The van der Waals surface area contributed by atoms with Crippen molar-refractivity contribution in [3.63, 3.8) is 0 Å². The van der Waals surface area contributed by atoms with Crippen LogP contribution >= 0.6 is 0 Å². The van der Waals surface area contributed by atoms with Crippen LogP contribution in [0.25, 0.3) is 0 Å². The first-order valence-corrected chi connectivity index (χ1v) is 3.79. The third kappa shape index (κ3) is 3.91. The van der Waals surface area contributed by atoms with Crippen LogP contribution in [0.5, 0.6) is 0 Å². The van der Waals surface area contributed by atoms with E-state index in [9.17, 15) is 0 Å². The molecule has 66 valence electrons. The van der Waals surface area contributed by atoms with Crippen molar-refractivity contribution in [3.8, 4) is 0 Å². The van der Waals surface area contributed by atoms with Crippen molar-refractivity contribution in [3.05, 3.63) is 48.6 Å². The van der Waals surface area contributed by atoms with Gasteiger partial charge in [-0.3, -0.25) is 0 Å². The molecule has 1 aromatic rings. The van der Waals surface area contributed by atoms with Crippen LogP contribution in [0.1, 0.15) is 5.56 Å². The zero-order valence-electron chi connectivity index (χ0n) is 7.29. The molecule has 2 heteroatoms. The highest BCUT2D eigenvalue weighted by atomic mass is 14.8. The first-order chi connectivity index (χ1) is 5.43. The van der Waals surface area contributed by atoms with E-state index in [1.54, 1.807) is 0 Å². The average Bonchev–Trinajstić information content (AvgIpc) is 2.07. The largest absolute Gasteiger partial charge is 0.344 e. The topological polar surface area (TPSA) is 47.0 Å². The molecule has 0 atom stereocenters. The van der Waals surface area contributed by atoms with Crippen molar-refractivity contribution in [1.29, 1.82) is 0 Å². The Balaban J connectivity index is 0.00000121. The van der Waals surface area contributed by atoms with Crippen LogP contribution < -0.4 is 11.5 Å². The summed E-state index contributed by atoms with van der Waals surface area (Å²) in [5.41, 5.74) is 1.31. The SMILES string of the molecule is C=CCNCc1ccccc1.N. The fourth-order valence-electron chi connectivity index (χ4n) is 0.914. The molecular weight excluding hydrogens is 148 g/mol. The van der Waals surface area contributed by atoms with Crippen LogP contribution in [0.15, 0.2) is 43.0 Å². The van der Waals surface area contributed by atoms with E-state index in [1.807, 2.05) is 24.3 Å². The second kappa shape index (κ2) is 6.58. The Morgan fingerprint density at radius 1 is 1.25 bits per heavy atom. The Labute approximate surface area is 73.9 Å². The zero-order valence-corrected chi connectivity index (χ0v) is 7.29. The molecule has 0 unspecified atom stereocenters. The van der Waals surface area contributed by atoms with Crippen molar-refractivity contribution in [1.82, 2.24) is 11.5 Å². The predicted octanol–water partition coefficient (Wildman–Crippen LogP) is 2.12. The second-order valence-electron chi connectivity index (χ2n) is 2.41. The second-order valence-corrected chi connectivity index (χ2v) is 2.41. The zero-order chi connectivity index (χ0) is 7.94. The Morgan fingerprint density at radius 2 is 1.92 bits per heavy atom. The number of rotatable bonds is 4. The van der Waals surface area contributed by atoms with Gasteiger partial charge < -0.3 is 11.5 Å². The predicted molar refractivity (Wildman–Crippen MR) is 53.4 cm³/mol. The Morgan fingerprint density at radius 3 is 2.50 bits per heavy atom. The van der Waals surface area contributed by atoms with E-state index in [4.69, 9.17) is 0 Å². The summed E-state index contributed by atoms with van der Waals surface area (Å²) >= 11 is 0. The van der Waals surface area contributed by atoms with Crippen molar-refractivity contribution in [2.24, 2.45) is 0 Å². The molecule has 0 spiro atoms. The van der Waals surface area contributed by atoms with Crippen LogP contribution in [0.3, 0.4) is 0 Å². The van der Waals surface area contributed by atoms with Gasteiger partial charge >= 0.3 is 0 Å². The summed E-state index contributed by atoms with van der Waals surface area (Å²) in [5, 5.41) is 3.23. The van der Waals surface area contributed by atoms with Gasteiger partial charge in [0.2, 0.25) is 0 Å². The summed E-state index contributed by atoms with van der Waals surface area (Å²) < 4.78 is 0. The van der Waals surface area contributed by atoms with E-state index in [-0.39, 0.29) is 6.15 Å². The smallest absolute Gasteiger partial charge is 0.0208 e. The summed E-state index contributed by atoms with van der Waals surface area (Å²) in [7, 11) is 0. The van der Waals surface area contributed by atoms with Crippen LogP contribution in [0, 0.1) is 0 Å². The van der Waals surface area contributed by atoms with E-state index < -0.39 is 0 Å². The minimum Gasteiger partial charge on any atom is -0.344 e. The van der Waals surface area contributed by atoms with Gasteiger partial charge in [0.05, 0.1) is 0 Å². The average molecular weight is 164 g/mol. The highest BCUT2D eigenvalue weighted by molar-refractivity contribution is 5.14. The van der Waals surface area contributed by atoms with E-state index in [2.05, 4.69) is 24.0 Å². The highest BCUT2D eigenvalue weighted by Crippen LogP contribution is 1.96. The van der Waals surface area contributed by atoms with Crippen LogP contribution in [0.4, 0.5) is 0 Å². The molecule has 0 fully saturated rings.